The zero-order chi connectivity index (χ0) is 16.9. The lowest BCUT2D eigenvalue weighted by molar-refractivity contribution is 0.0530. The molecule has 0 heterocycles. The topological polar surface area (TPSA) is 76.0 Å². The Bertz CT molecular complexity index is 549. The van der Waals surface area contributed by atoms with Crippen LogP contribution in [0, 0.1) is 16.2 Å². The Kier molecular flexibility index (Phi) is 4.59. The number of hydrogen-bond donors (Lipinski definition) is 1. The first kappa shape index (κ1) is 18.8. The molecule has 0 aromatic heterocycles. The maximum Gasteiger partial charge on any atom is 0.320 e. The van der Waals surface area contributed by atoms with Gasteiger partial charge in [0, 0.05) is 16.2 Å². The van der Waals surface area contributed by atoms with E-state index in [1.165, 1.54) is 0 Å². The van der Waals surface area contributed by atoms with Crippen LogP contribution in [0.25, 0.3) is 0 Å². The second kappa shape index (κ2) is 5.13. The molecule has 1 N–H and O–H groups in total. The summed E-state index contributed by atoms with van der Waals surface area (Å²) in [6.45, 7) is 16.4. The Morgan fingerprint density at radius 2 is 1.57 bits per heavy atom. The Balaban J connectivity index is 3.63. The first-order valence-corrected chi connectivity index (χ1v) is 9.81. The second-order valence-corrected chi connectivity index (χ2v) is 10.9. The van der Waals surface area contributed by atoms with Gasteiger partial charge in [0.15, 0.2) is 0 Å². The molecule has 1 atom stereocenters. The van der Waals surface area contributed by atoms with Crippen LogP contribution in [0.3, 0.4) is 0 Å². The molecule has 0 saturated heterocycles. The highest BCUT2D eigenvalue weighted by molar-refractivity contribution is 8.70. The molecule has 7 heteroatoms. The monoisotopic (exact) mass is 337 g/mol. The summed E-state index contributed by atoms with van der Waals surface area (Å²) < 4.78 is 31.6. The van der Waals surface area contributed by atoms with E-state index in [1.807, 2.05) is 41.5 Å². The molecule has 5 nitrogen and oxygen atoms in total. The van der Waals surface area contributed by atoms with Crippen molar-refractivity contribution in [2.75, 3.05) is 6.61 Å². The molecule has 1 aliphatic rings. The molecule has 0 aromatic carbocycles. The third-order valence-corrected chi connectivity index (χ3v) is 8.80. The minimum absolute atomic E-state index is 0.248. The third kappa shape index (κ3) is 2.61. The van der Waals surface area contributed by atoms with E-state index >= 15 is 0 Å². The summed E-state index contributed by atoms with van der Waals surface area (Å²) in [5, 5.41) is 4.24. The van der Waals surface area contributed by atoms with Crippen molar-refractivity contribution in [3.05, 3.63) is 0 Å². The zero-order valence-electron chi connectivity index (χ0n) is 14.1. The molecule has 0 amide bonds. The molecule has 0 radical (unpaired) electrons. The SMILES string of the molecule is CCO/N=C1/C(C)(C)C(C)(C)C(C)(C)C1(C)SS(=O)(=O)O. The predicted octanol–water partition coefficient (Wildman–Crippen LogP) is 3.77. The van der Waals surface area contributed by atoms with Gasteiger partial charge in [-0.15, -0.1) is 0 Å². The van der Waals surface area contributed by atoms with Gasteiger partial charge in [0.05, 0.1) is 10.5 Å². The van der Waals surface area contributed by atoms with Crippen molar-refractivity contribution in [3.63, 3.8) is 0 Å². The number of rotatable bonds is 4. The minimum atomic E-state index is -4.22. The molecule has 1 saturated carbocycles. The Labute approximate surface area is 132 Å². The van der Waals surface area contributed by atoms with Crippen molar-refractivity contribution in [1.29, 1.82) is 0 Å². The van der Waals surface area contributed by atoms with Crippen LogP contribution in [0.2, 0.25) is 0 Å². The van der Waals surface area contributed by atoms with E-state index in [0.717, 1.165) is 0 Å². The zero-order valence-corrected chi connectivity index (χ0v) is 15.8. The fourth-order valence-electron chi connectivity index (χ4n) is 3.25. The highest BCUT2D eigenvalue weighted by Gasteiger charge is 2.70. The van der Waals surface area contributed by atoms with E-state index < -0.39 is 19.3 Å². The minimum Gasteiger partial charge on any atom is -0.396 e. The van der Waals surface area contributed by atoms with Crippen molar-refractivity contribution in [3.8, 4) is 0 Å². The van der Waals surface area contributed by atoms with Crippen LogP contribution in [0.1, 0.15) is 55.4 Å². The molecule has 0 spiro atoms. The van der Waals surface area contributed by atoms with Crippen molar-refractivity contribution >= 4 is 25.7 Å². The van der Waals surface area contributed by atoms with Gasteiger partial charge in [-0.3, -0.25) is 4.55 Å². The Hall–Kier alpha value is -0.270. The van der Waals surface area contributed by atoms with Gasteiger partial charge < -0.3 is 4.84 Å². The fraction of sp³-hybridized carbons (Fsp3) is 0.929. The summed E-state index contributed by atoms with van der Waals surface area (Å²) in [7, 11) is -3.66. The van der Waals surface area contributed by atoms with Gasteiger partial charge in [-0.1, -0.05) is 46.7 Å². The fourth-order valence-corrected chi connectivity index (χ4v) is 6.63. The highest BCUT2D eigenvalue weighted by atomic mass is 33.1. The van der Waals surface area contributed by atoms with Crippen molar-refractivity contribution in [1.82, 2.24) is 0 Å². The summed E-state index contributed by atoms with van der Waals surface area (Å²) in [6, 6.07) is 0. The maximum atomic E-state index is 11.5. The van der Waals surface area contributed by atoms with Gasteiger partial charge in [0.1, 0.15) is 6.61 Å². The molecule has 0 aromatic rings. The first-order valence-electron chi connectivity index (χ1n) is 7.04. The van der Waals surface area contributed by atoms with E-state index in [1.54, 1.807) is 0 Å². The maximum absolute atomic E-state index is 11.5. The van der Waals surface area contributed by atoms with Crippen LogP contribution in [0.5, 0.6) is 0 Å². The van der Waals surface area contributed by atoms with Gasteiger partial charge >= 0.3 is 9.15 Å². The van der Waals surface area contributed by atoms with Crippen LogP contribution >= 0.6 is 10.8 Å². The quantitative estimate of drug-likeness (QED) is 0.480. The molecular weight excluding hydrogens is 310 g/mol. The molecule has 124 valence electrons. The number of oxime groups is 1. The molecular formula is C14H27NO4S2. The Morgan fingerprint density at radius 1 is 1.10 bits per heavy atom. The van der Waals surface area contributed by atoms with Gasteiger partial charge in [0.25, 0.3) is 0 Å². The predicted molar refractivity (Wildman–Crippen MR) is 87.9 cm³/mol. The van der Waals surface area contributed by atoms with E-state index in [4.69, 9.17) is 4.84 Å². The number of hydrogen-bond acceptors (Lipinski definition) is 5. The van der Waals surface area contributed by atoms with Gasteiger partial charge in [-0.05, 0) is 24.7 Å². The third-order valence-electron chi connectivity index (χ3n) is 5.92. The highest BCUT2D eigenvalue weighted by Crippen LogP contribution is 2.69. The van der Waals surface area contributed by atoms with E-state index in [-0.39, 0.29) is 10.8 Å². The van der Waals surface area contributed by atoms with Crippen LogP contribution in [0.15, 0.2) is 5.16 Å². The van der Waals surface area contributed by atoms with Crippen molar-refractivity contribution in [2.24, 2.45) is 21.4 Å². The van der Waals surface area contributed by atoms with Crippen LogP contribution < -0.4 is 0 Å². The molecule has 1 rings (SSSR count). The lowest BCUT2D eigenvalue weighted by atomic mass is 9.60. The molecule has 0 aliphatic heterocycles. The molecule has 1 fully saturated rings. The van der Waals surface area contributed by atoms with Gasteiger partial charge in [-0.2, -0.15) is 8.42 Å². The standard InChI is InChI=1S/C14H27NO4S2/c1-9-19-15-10-11(2,3)12(4,5)13(6,7)14(10,8)20-21(16,17)18/h9H2,1-8H3,(H,16,17,18)/b15-10-. The van der Waals surface area contributed by atoms with Crippen LogP contribution in [-0.2, 0) is 14.0 Å². The van der Waals surface area contributed by atoms with Gasteiger partial charge in [0.2, 0.25) is 0 Å². The lowest BCUT2D eigenvalue weighted by Crippen LogP contribution is -2.45. The van der Waals surface area contributed by atoms with Crippen molar-refractivity contribution in [2.45, 2.75) is 60.1 Å². The van der Waals surface area contributed by atoms with E-state index in [2.05, 4.69) is 19.0 Å². The molecule has 0 bridgehead atoms. The molecule has 1 aliphatic carbocycles. The molecule has 21 heavy (non-hydrogen) atoms. The van der Waals surface area contributed by atoms with Crippen LogP contribution in [0.4, 0.5) is 0 Å². The summed E-state index contributed by atoms with van der Waals surface area (Å²) in [4.78, 5) is 5.25. The lowest BCUT2D eigenvalue weighted by Gasteiger charge is -2.46. The van der Waals surface area contributed by atoms with Gasteiger partial charge in [-0.25, -0.2) is 0 Å². The summed E-state index contributed by atoms with van der Waals surface area (Å²) in [5.74, 6) is 0. The Morgan fingerprint density at radius 3 is 1.95 bits per heavy atom. The van der Waals surface area contributed by atoms with E-state index in [0.29, 0.717) is 23.1 Å². The largest absolute Gasteiger partial charge is 0.396 e. The second-order valence-electron chi connectivity index (χ2n) is 7.28. The average molecular weight is 338 g/mol. The van der Waals surface area contributed by atoms with E-state index in [9.17, 15) is 13.0 Å². The summed E-state index contributed by atoms with van der Waals surface area (Å²) >= 11 is 0. The number of nitrogens with zero attached hydrogens (tertiary/aromatic N) is 1. The smallest absolute Gasteiger partial charge is 0.320 e. The summed E-state index contributed by atoms with van der Waals surface area (Å²) in [5.41, 5.74) is -0.394. The normalized spacial score (nSPS) is 32.3. The summed E-state index contributed by atoms with van der Waals surface area (Å²) in [6.07, 6.45) is 0. The first-order chi connectivity index (χ1) is 9.15. The molecule has 1 unspecified atom stereocenters. The van der Waals surface area contributed by atoms with Crippen molar-refractivity contribution < 1.29 is 17.8 Å². The van der Waals surface area contributed by atoms with Crippen LogP contribution in [-0.4, -0.2) is 30.0 Å². The average Bonchev–Trinajstić information content (AvgIpc) is 2.31.